The van der Waals surface area contributed by atoms with Crippen LogP contribution >= 0.6 is 0 Å². The van der Waals surface area contributed by atoms with E-state index in [1.54, 1.807) is 24.3 Å². The van der Waals surface area contributed by atoms with Gasteiger partial charge in [0.05, 0.1) is 10.6 Å². The van der Waals surface area contributed by atoms with Crippen LogP contribution in [0.4, 0.5) is 11.4 Å². The van der Waals surface area contributed by atoms with E-state index in [2.05, 4.69) is 16.2 Å². The Balaban J connectivity index is 2.33. The average Bonchev–Trinajstić information content (AvgIpc) is 2.50. The Bertz CT molecular complexity index is 746. The number of nitro groups is 1. The van der Waals surface area contributed by atoms with Crippen molar-refractivity contribution in [1.29, 1.82) is 0 Å². The van der Waals surface area contributed by atoms with Crippen molar-refractivity contribution >= 4 is 17.3 Å². The quantitative estimate of drug-likeness (QED) is 0.694. The molecule has 6 nitrogen and oxygen atoms in total. The van der Waals surface area contributed by atoms with E-state index in [4.69, 9.17) is 0 Å². The van der Waals surface area contributed by atoms with E-state index in [0.29, 0.717) is 16.8 Å². The van der Waals surface area contributed by atoms with Gasteiger partial charge in [-0.3, -0.25) is 14.9 Å². The molecule has 0 aromatic heterocycles. The Labute approximate surface area is 121 Å². The number of nitro benzene ring substituents is 1. The van der Waals surface area contributed by atoms with Crippen LogP contribution in [0.3, 0.4) is 0 Å². The SMILES string of the molecule is C[N+]#Cc1cc([N+](=O)[O-])ccc1NC(=O)c1ccccc1. The number of non-ortho nitro benzene ring substituents is 1. The van der Waals surface area contributed by atoms with Crippen molar-refractivity contribution in [3.05, 3.63) is 74.6 Å². The van der Waals surface area contributed by atoms with E-state index >= 15 is 0 Å². The van der Waals surface area contributed by atoms with Crippen LogP contribution in [0.15, 0.2) is 48.5 Å². The summed E-state index contributed by atoms with van der Waals surface area (Å²) in [5.74, 6) is -0.302. The van der Waals surface area contributed by atoms with Crippen LogP contribution in [-0.2, 0) is 0 Å². The van der Waals surface area contributed by atoms with Gasteiger partial charge in [-0.05, 0) is 18.2 Å². The number of carbonyl (C=O) groups excluding carboxylic acids is 1. The Kier molecular flexibility index (Phi) is 4.26. The molecule has 2 aromatic rings. The van der Waals surface area contributed by atoms with Gasteiger partial charge in [-0.1, -0.05) is 23.0 Å². The van der Waals surface area contributed by atoms with Crippen molar-refractivity contribution < 1.29 is 9.72 Å². The minimum Gasteiger partial charge on any atom is -0.321 e. The first-order valence-corrected chi connectivity index (χ1v) is 6.11. The number of anilines is 1. The second kappa shape index (κ2) is 6.30. The zero-order valence-electron chi connectivity index (χ0n) is 11.2. The van der Waals surface area contributed by atoms with Crippen molar-refractivity contribution in [3.8, 4) is 6.07 Å². The third-order valence-corrected chi connectivity index (χ3v) is 2.73. The van der Waals surface area contributed by atoms with Crippen LogP contribution in [0.1, 0.15) is 15.9 Å². The molecule has 0 atom stereocenters. The van der Waals surface area contributed by atoms with Gasteiger partial charge in [-0.25, -0.2) is 0 Å². The van der Waals surface area contributed by atoms with Crippen LogP contribution in [0.25, 0.3) is 4.85 Å². The van der Waals surface area contributed by atoms with Crippen molar-refractivity contribution in [2.45, 2.75) is 0 Å². The van der Waals surface area contributed by atoms with Gasteiger partial charge in [0, 0.05) is 17.7 Å². The lowest BCUT2D eigenvalue weighted by Crippen LogP contribution is -2.12. The van der Waals surface area contributed by atoms with Crippen LogP contribution in [0, 0.1) is 16.2 Å². The Morgan fingerprint density at radius 3 is 2.57 bits per heavy atom. The molecular weight excluding hydrogens is 270 g/mol. The van der Waals surface area contributed by atoms with Gasteiger partial charge < -0.3 is 5.32 Å². The number of nitrogens with one attached hydrogen (secondary N) is 1. The Hall–Kier alpha value is -3.20. The molecule has 2 aromatic carbocycles. The number of amides is 1. The van der Waals surface area contributed by atoms with E-state index < -0.39 is 4.92 Å². The third kappa shape index (κ3) is 3.42. The first-order valence-electron chi connectivity index (χ1n) is 6.11. The van der Waals surface area contributed by atoms with Crippen molar-refractivity contribution in [2.24, 2.45) is 0 Å². The molecule has 104 valence electrons. The average molecular weight is 282 g/mol. The van der Waals surface area contributed by atoms with Crippen LogP contribution in [0.2, 0.25) is 0 Å². The molecule has 0 fully saturated rings. The highest BCUT2D eigenvalue weighted by Crippen LogP contribution is 2.22. The van der Waals surface area contributed by atoms with Gasteiger partial charge in [0.15, 0.2) is 0 Å². The first kappa shape index (κ1) is 14.2. The van der Waals surface area contributed by atoms with Gasteiger partial charge in [-0.15, -0.1) is 0 Å². The predicted molar refractivity (Wildman–Crippen MR) is 79.8 cm³/mol. The highest BCUT2D eigenvalue weighted by Gasteiger charge is 2.15. The van der Waals surface area contributed by atoms with Crippen molar-refractivity contribution in [3.63, 3.8) is 0 Å². The number of hydrogen-bond donors (Lipinski definition) is 1. The zero-order chi connectivity index (χ0) is 15.2. The number of benzene rings is 2. The van der Waals surface area contributed by atoms with Crippen LogP contribution in [-0.4, -0.2) is 17.9 Å². The molecule has 0 saturated heterocycles. The molecule has 0 spiro atoms. The Morgan fingerprint density at radius 2 is 1.95 bits per heavy atom. The molecule has 6 heteroatoms. The molecule has 0 heterocycles. The fourth-order valence-corrected chi connectivity index (χ4v) is 1.75. The molecular formula is C15H12N3O3+. The van der Waals surface area contributed by atoms with Crippen LogP contribution in [0.5, 0.6) is 0 Å². The lowest BCUT2D eigenvalue weighted by Gasteiger charge is -2.05. The highest BCUT2D eigenvalue weighted by molar-refractivity contribution is 6.04. The van der Waals surface area contributed by atoms with E-state index in [9.17, 15) is 14.9 Å². The minimum atomic E-state index is -0.510. The summed E-state index contributed by atoms with van der Waals surface area (Å²) in [6.07, 6.45) is 0. The first-order chi connectivity index (χ1) is 10.1. The molecule has 1 N–H and O–H groups in total. The van der Waals surface area contributed by atoms with E-state index in [1.807, 2.05) is 6.07 Å². The third-order valence-electron chi connectivity index (χ3n) is 2.73. The lowest BCUT2D eigenvalue weighted by atomic mass is 10.1. The maximum absolute atomic E-state index is 12.1. The van der Waals surface area contributed by atoms with E-state index in [1.165, 1.54) is 25.2 Å². The predicted octanol–water partition coefficient (Wildman–Crippen LogP) is 3.16. The van der Waals surface area contributed by atoms with Crippen molar-refractivity contribution in [1.82, 2.24) is 0 Å². The smallest absolute Gasteiger partial charge is 0.313 e. The molecule has 0 aliphatic rings. The summed E-state index contributed by atoms with van der Waals surface area (Å²) in [4.78, 5) is 26.1. The lowest BCUT2D eigenvalue weighted by molar-refractivity contribution is -0.384. The molecule has 0 bridgehead atoms. The van der Waals surface area contributed by atoms with E-state index in [0.717, 1.165) is 0 Å². The molecule has 0 radical (unpaired) electrons. The molecule has 0 saturated carbocycles. The maximum atomic E-state index is 12.1. The molecule has 21 heavy (non-hydrogen) atoms. The highest BCUT2D eigenvalue weighted by atomic mass is 16.6. The summed E-state index contributed by atoms with van der Waals surface area (Å²) >= 11 is 0. The zero-order valence-corrected chi connectivity index (χ0v) is 11.2. The van der Waals surface area contributed by atoms with Gasteiger partial charge in [0.25, 0.3) is 18.6 Å². The van der Waals surface area contributed by atoms with Crippen LogP contribution < -0.4 is 5.32 Å². The number of hydrogen-bond acceptors (Lipinski definition) is 3. The molecule has 2 rings (SSSR count). The summed E-state index contributed by atoms with van der Waals surface area (Å²) in [7, 11) is 1.50. The van der Waals surface area contributed by atoms with Gasteiger partial charge in [-0.2, -0.15) is 0 Å². The normalized spacial score (nSPS) is 9.38. The van der Waals surface area contributed by atoms with Gasteiger partial charge in [0.2, 0.25) is 0 Å². The topological polar surface area (TPSA) is 76.6 Å². The monoisotopic (exact) mass is 282 g/mol. The fourth-order valence-electron chi connectivity index (χ4n) is 1.75. The standard InChI is InChI=1S/C15H11N3O3/c1-16-10-12-9-13(18(20)21)7-8-14(12)17-15(19)11-5-3-2-4-6-11/h2-9H,1H3/p+1. The summed E-state index contributed by atoms with van der Waals surface area (Å²) in [5.41, 5.74) is 1.19. The second-order valence-electron chi connectivity index (χ2n) is 4.14. The number of nitrogens with zero attached hydrogens (tertiary/aromatic N) is 2. The number of carbonyl (C=O) groups is 1. The fraction of sp³-hybridized carbons (Fsp3) is 0.0667. The van der Waals surface area contributed by atoms with Gasteiger partial charge in [0.1, 0.15) is 5.56 Å². The second-order valence-corrected chi connectivity index (χ2v) is 4.14. The summed E-state index contributed by atoms with van der Waals surface area (Å²) in [5, 5.41) is 13.5. The Morgan fingerprint density at radius 1 is 1.24 bits per heavy atom. The largest absolute Gasteiger partial charge is 0.321 e. The number of rotatable bonds is 3. The maximum Gasteiger partial charge on any atom is 0.313 e. The molecule has 0 aliphatic heterocycles. The summed E-state index contributed by atoms with van der Waals surface area (Å²) < 4.78 is 0. The van der Waals surface area contributed by atoms with Gasteiger partial charge >= 0.3 is 6.07 Å². The molecule has 0 unspecified atom stereocenters. The van der Waals surface area contributed by atoms with Crippen molar-refractivity contribution in [2.75, 3.05) is 12.4 Å². The molecule has 1 amide bonds. The molecule has 0 aliphatic carbocycles. The summed E-state index contributed by atoms with van der Waals surface area (Å²) in [6, 6.07) is 15.4. The van der Waals surface area contributed by atoms with E-state index in [-0.39, 0.29) is 11.6 Å². The summed E-state index contributed by atoms with van der Waals surface area (Å²) in [6.45, 7) is 0. The minimum absolute atomic E-state index is 0.0844.